The zero-order valence-electron chi connectivity index (χ0n) is 10.6. The Balaban J connectivity index is 2.33. The summed E-state index contributed by atoms with van der Waals surface area (Å²) in [4.78, 5) is 0. The van der Waals surface area contributed by atoms with Crippen LogP contribution in [0.1, 0.15) is 28.5 Å². The second-order valence-corrected chi connectivity index (χ2v) is 4.31. The molecular weight excluding hydrogens is 255 g/mol. The number of hydrogen-bond acceptors (Lipinski definition) is 2. The third-order valence-electron chi connectivity index (χ3n) is 3.02. The fraction of sp³-hybridized carbons (Fsp3) is 0.286. The van der Waals surface area contributed by atoms with Gasteiger partial charge < -0.3 is 9.73 Å². The normalized spacial score (nSPS) is 13.5. The summed E-state index contributed by atoms with van der Waals surface area (Å²) < 4.78 is 42.9. The number of alkyl halides is 3. The number of nitrogens with one attached hydrogen (secondary N) is 1. The monoisotopic (exact) mass is 269 g/mol. The first-order chi connectivity index (χ1) is 8.93. The van der Waals surface area contributed by atoms with Gasteiger partial charge in [-0.05, 0) is 43.3 Å². The van der Waals surface area contributed by atoms with Gasteiger partial charge in [0, 0.05) is 0 Å². The molecule has 102 valence electrons. The molecule has 1 unspecified atom stereocenters. The lowest BCUT2D eigenvalue weighted by molar-refractivity contribution is -0.137. The van der Waals surface area contributed by atoms with Crippen LogP contribution in [0.4, 0.5) is 13.2 Å². The molecule has 1 aromatic carbocycles. The quantitative estimate of drug-likeness (QED) is 0.913. The smallest absolute Gasteiger partial charge is 0.416 e. The highest BCUT2D eigenvalue weighted by molar-refractivity contribution is 5.33. The molecule has 0 saturated carbocycles. The molecule has 0 amide bonds. The molecule has 0 radical (unpaired) electrons. The van der Waals surface area contributed by atoms with Crippen molar-refractivity contribution < 1.29 is 17.6 Å². The lowest BCUT2D eigenvalue weighted by atomic mass is 10.0. The highest BCUT2D eigenvalue weighted by Crippen LogP contribution is 2.31. The Labute approximate surface area is 109 Å². The molecule has 19 heavy (non-hydrogen) atoms. The Bertz CT molecular complexity index is 543. The predicted molar refractivity (Wildman–Crippen MR) is 65.8 cm³/mol. The maximum Gasteiger partial charge on any atom is 0.416 e. The van der Waals surface area contributed by atoms with E-state index in [9.17, 15) is 13.2 Å². The average Bonchev–Trinajstić information content (AvgIpc) is 2.76. The molecule has 1 aromatic heterocycles. The Morgan fingerprint density at radius 2 is 1.74 bits per heavy atom. The topological polar surface area (TPSA) is 25.2 Å². The fourth-order valence-corrected chi connectivity index (χ4v) is 1.99. The molecule has 0 fully saturated rings. The fourth-order valence-electron chi connectivity index (χ4n) is 1.99. The van der Waals surface area contributed by atoms with Crippen molar-refractivity contribution in [2.45, 2.75) is 19.1 Å². The lowest BCUT2D eigenvalue weighted by Gasteiger charge is -2.16. The van der Waals surface area contributed by atoms with Crippen LogP contribution in [-0.4, -0.2) is 7.05 Å². The summed E-state index contributed by atoms with van der Waals surface area (Å²) in [6.07, 6.45) is -2.74. The zero-order valence-corrected chi connectivity index (χ0v) is 10.6. The van der Waals surface area contributed by atoms with E-state index >= 15 is 0 Å². The molecule has 0 saturated heterocycles. The summed E-state index contributed by atoms with van der Waals surface area (Å²) in [5, 5.41) is 3.04. The van der Waals surface area contributed by atoms with Gasteiger partial charge in [0.2, 0.25) is 0 Å². The van der Waals surface area contributed by atoms with Crippen LogP contribution < -0.4 is 5.32 Å². The summed E-state index contributed by atoms with van der Waals surface area (Å²) in [7, 11) is 1.74. The summed E-state index contributed by atoms with van der Waals surface area (Å²) in [6.45, 7) is 1.90. The maximum absolute atomic E-state index is 12.5. The number of halogens is 3. The summed E-state index contributed by atoms with van der Waals surface area (Å²) >= 11 is 0. The highest BCUT2D eigenvalue weighted by Gasteiger charge is 2.30. The molecule has 2 aromatic rings. The van der Waals surface area contributed by atoms with Crippen molar-refractivity contribution >= 4 is 0 Å². The molecular formula is C14H14F3NO. The number of benzene rings is 1. The largest absolute Gasteiger partial charge is 0.467 e. The molecule has 2 nitrogen and oxygen atoms in total. The van der Waals surface area contributed by atoms with Gasteiger partial charge in [-0.3, -0.25) is 0 Å². The van der Waals surface area contributed by atoms with Gasteiger partial charge in [-0.2, -0.15) is 13.2 Å². The van der Waals surface area contributed by atoms with Gasteiger partial charge in [-0.15, -0.1) is 0 Å². The molecule has 0 aliphatic heterocycles. The van der Waals surface area contributed by atoms with Gasteiger partial charge >= 0.3 is 6.18 Å². The summed E-state index contributed by atoms with van der Waals surface area (Å²) in [6, 6.07) is 6.66. The second-order valence-electron chi connectivity index (χ2n) is 4.31. The Morgan fingerprint density at radius 3 is 2.16 bits per heavy atom. The first kappa shape index (κ1) is 13.7. The molecule has 0 aliphatic carbocycles. The Hall–Kier alpha value is -1.75. The average molecular weight is 269 g/mol. The molecule has 2 rings (SSSR count). The predicted octanol–water partition coefficient (Wildman–Crippen LogP) is 3.92. The van der Waals surface area contributed by atoms with Crippen LogP contribution in [0.15, 0.2) is 41.0 Å². The van der Waals surface area contributed by atoms with Crippen molar-refractivity contribution in [3.63, 3.8) is 0 Å². The summed E-state index contributed by atoms with van der Waals surface area (Å²) in [5.74, 6) is 0.710. The SMILES string of the molecule is CNC(c1ccc(C(F)(F)F)cc1)c1occc1C. The molecule has 0 spiro atoms. The van der Waals surface area contributed by atoms with E-state index in [0.717, 1.165) is 23.3 Å². The number of furan rings is 1. The van der Waals surface area contributed by atoms with Crippen LogP contribution >= 0.6 is 0 Å². The first-order valence-electron chi connectivity index (χ1n) is 5.82. The minimum Gasteiger partial charge on any atom is -0.467 e. The van der Waals surface area contributed by atoms with E-state index < -0.39 is 11.7 Å². The molecule has 1 heterocycles. The molecule has 5 heteroatoms. The van der Waals surface area contributed by atoms with Crippen molar-refractivity contribution in [1.29, 1.82) is 0 Å². The van der Waals surface area contributed by atoms with Gasteiger partial charge in [-0.25, -0.2) is 0 Å². The van der Waals surface area contributed by atoms with Crippen LogP contribution in [0.5, 0.6) is 0 Å². The van der Waals surface area contributed by atoms with Crippen molar-refractivity contribution in [2.75, 3.05) is 7.05 Å². The van der Waals surface area contributed by atoms with Crippen molar-refractivity contribution in [2.24, 2.45) is 0 Å². The van der Waals surface area contributed by atoms with Crippen LogP contribution in [-0.2, 0) is 6.18 Å². The van der Waals surface area contributed by atoms with Crippen LogP contribution in [0.2, 0.25) is 0 Å². The number of hydrogen-bond donors (Lipinski definition) is 1. The number of aryl methyl sites for hydroxylation is 1. The van der Waals surface area contributed by atoms with Gasteiger partial charge in [-0.1, -0.05) is 12.1 Å². The maximum atomic E-state index is 12.5. The zero-order chi connectivity index (χ0) is 14.0. The van der Waals surface area contributed by atoms with E-state index in [-0.39, 0.29) is 6.04 Å². The Kier molecular flexibility index (Phi) is 3.66. The summed E-state index contributed by atoms with van der Waals surface area (Å²) in [5.41, 5.74) is 1.04. The molecule has 1 atom stereocenters. The second kappa shape index (κ2) is 5.09. The van der Waals surface area contributed by atoms with Gasteiger partial charge in [0.25, 0.3) is 0 Å². The van der Waals surface area contributed by atoms with Crippen molar-refractivity contribution in [3.8, 4) is 0 Å². The van der Waals surface area contributed by atoms with E-state index in [2.05, 4.69) is 5.32 Å². The van der Waals surface area contributed by atoms with E-state index in [0.29, 0.717) is 5.76 Å². The van der Waals surface area contributed by atoms with E-state index in [1.807, 2.05) is 13.0 Å². The third kappa shape index (κ3) is 2.81. The van der Waals surface area contributed by atoms with Crippen LogP contribution in [0, 0.1) is 6.92 Å². The molecule has 0 aliphatic rings. The third-order valence-corrected chi connectivity index (χ3v) is 3.02. The first-order valence-corrected chi connectivity index (χ1v) is 5.82. The van der Waals surface area contributed by atoms with Gasteiger partial charge in [0.05, 0.1) is 17.9 Å². The van der Waals surface area contributed by atoms with Crippen molar-refractivity contribution in [3.05, 3.63) is 59.0 Å². The molecule has 0 bridgehead atoms. The van der Waals surface area contributed by atoms with Crippen LogP contribution in [0.25, 0.3) is 0 Å². The minimum absolute atomic E-state index is 0.253. The lowest BCUT2D eigenvalue weighted by Crippen LogP contribution is -2.18. The standard InChI is InChI=1S/C14H14F3NO/c1-9-7-8-19-13(9)12(18-2)10-3-5-11(6-4-10)14(15,16)17/h3-8,12,18H,1-2H3. The van der Waals surface area contributed by atoms with Crippen LogP contribution in [0.3, 0.4) is 0 Å². The minimum atomic E-state index is -4.31. The number of rotatable bonds is 3. The molecule has 1 N–H and O–H groups in total. The van der Waals surface area contributed by atoms with E-state index in [1.165, 1.54) is 12.1 Å². The van der Waals surface area contributed by atoms with Gasteiger partial charge in [0.1, 0.15) is 5.76 Å². The van der Waals surface area contributed by atoms with Gasteiger partial charge in [0.15, 0.2) is 0 Å². The van der Waals surface area contributed by atoms with E-state index in [4.69, 9.17) is 4.42 Å². The van der Waals surface area contributed by atoms with E-state index in [1.54, 1.807) is 13.3 Å². The highest BCUT2D eigenvalue weighted by atomic mass is 19.4. The Morgan fingerprint density at radius 1 is 1.11 bits per heavy atom. The van der Waals surface area contributed by atoms with Crippen molar-refractivity contribution in [1.82, 2.24) is 5.32 Å².